The van der Waals surface area contributed by atoms with Crippen LogP contribution in [0.5, 0.6) is 5.75 Å². The van der Waals surface area contributed by atoms with Crippen LogP contribution in [0.3, 0.4) is 0 Å². The van der Waals surface area contributed by atoms with Gasteiger partial charge in [-0.3, -0.25) is 0 Å². The molecule has 0 saturated carbocycles. The Morgan fingerprint density at radius 2 is 2.05 bits per heavy atom. The van der Waals surface area contributed by atoms with Crippen molar-refractivity contribution in [3.63, 3.8) is 0 Å². The van der Waals surface area contributed by atoms with Crippen molar-refractivity contribution in [2.24, 2.45) is 0 Å². The van der Waals surface area contributed by atoms with Crippen molar-refractivity contribution in [1.82, 2.24) is 0 Å². The summed E-state index contributed by atoms with van der Waals surface area (Å²) in [6, 6.07) is 13.5. The lowest BCUT2D eigenvalue weighted by Crippen LogP contribution is -1.98. The fourth-order valence-electron chi connectivity index (χ4n) is 1.83. The van der Waals surface area contributed by atoms with Crippen molar-refractivity contribution in [3.05, 3.63) is 69.7 Å². The van der Waals surface area contributed by atoms with Gasteiger partial charge in [0.1, 0.15) is 12.4 Å². The molecule has 0 amide bonds. The van der Waals surface area contributed by atoms with Crippen LogP contribution in [-0.4, -0.2) is 11.1 Å². The molecule has 108 valence electrons. The lowest BCUT2D eigenvalue weighted by atomic mass is 10.1. The number of ether oxygens (including phenoxy) is 1. The van der Waals surface area contributed by atoms with Gasteiger partial charge in [-0.15, -0.1) is 0 Å². The molecule has 0 spiro atoms. The van der Waals surface area contributed by atoms with Crippen LogP contribution in [0.1, 0.15) is 16.7 Å². The summed E-state index contributed by atoms with van der Waals surface area (Å²) in [7, 11) is 0. The molecule has 0 atom stereocenters. The molecule has 4 heteroatoms. The smallest absolute Gasteiger partial charge is 0.328 e. The Bertz CT molecular complexity index is 677. The number of hydrogen-bond acceptors (Lipinski definition) is 2. The zero-order valence-corrected chi connectivity index (χ0v) is 13.1. The summed E-state index contributed by atoms with van der Waals surface area (Å²) in [4.78, 5) is 10.5. The molecule has 0 aliphatic rings. The number of carboxylic acid groups (broad SMARTS) is 1. The van der Waals surface area contributed by atoms with E-state index >= 15 is 0 Å². The van der Waals surface area contributed by atoms with Crippen LogP contribution in [0, 0.1) is 6.92 Å². The topological polar surface area (TPSA) is 46.5 Å². The van der Waals surface area contributed by atoms with Crippen molar-refractivity contribution in [2.75, 3.05) is 0 Å². The quantitative estimate of drug-likeness (QED) is 0.814. The third kappa shape index (κ3) is 4.46. The number of benzene rings is 2. The van der Waals surface area contributed by atoms with E-state index in [1.54, 1.807) is 0 Å². The Balaban J connectivity index is 2.08. The number of rotatable bonds is 5. The molecule has 2 aromatic rings. The van der Waals surface area contributed by atoms with Gasteiger partial charge in [0, 0.05) is 6.08 Å². The number of aryl methyl sites for hydroxylation is 1. The van der Waals surface area contributed by atoms with Crippen LogP contribution in [-0.2, 0) is 11.4 Å². The van der Waals surface area contributed by atoms with E-state index in [9.17, 15) is 4.79 Å². The van der Waals surface area contributed by atoms with Crippen molar-refractivity contribution >= 4 is 28.0 Å². The normalized spacial score (nSPS) is 10.8. The molecule has 0 unspecified atom stereocenters. The number of halogens is 1. The second-order valence-electron chi connectivity index (χ2n) is 4.58. The third-order valence-corrected chi connectivity index (χ3v) is 3.64. The summed E-state index contributed by atoms with van der Waals surface area (Å²) in [5.41, 5.74) is 3.13. The summed E-state index contributed by atoms with van der Waals surface area (Å²) in [6.07, 6.45) is 2.65. The monoisotopic (exact) mass is 346 g/mol. The van der Waals surface area contributed by atoms with Gasteiger partial charge in [-0.1, -0.05) is 30.3 Å². The maximum atomic E-state index is 10.5. The van der Waals surface area contributed by atoms with E-state index in [2.05, 4.69) is 15.9 Å². The van der Waals surface area contributed by atoms with E-state index in [-0.39, 0.29) is 0 Å². The number of aliphatic carboxylic acids is 1. The number of carboxylic acids is 1. The van der Waals surface area contributed by atoms with Crippen LogP contribution < -0.4 is 4.74 Å². The summed E-state index contributed by atoms with van der Waals surface area (Å²) in [5.74, 6) is -0.239. The fraction of sp³-hybridized carbons (Fsp3) is 0.118. The highest BCUT2D eigenvalue weighted by molar-refractivity contribution is 9.10. The predicted molar refractivity (Wildman–Crippen MR) is 86.3 cm³/mol. The number of carbonyl (C=O) groups is 1. The molecule has 2 aromatic carbocycles. The van der Waals surface area contributed by atoms with E-state index in [0.717, 1.165) is 27.4 Å². The summed E-state index contributed by atoms with van der Waals surface area (Å²) in [6.45, 7) is 2.54. The van der Waals surface area contributed by atoms with Gasteiger partial charge >= 0.3 is 5.97 Å². The molecule has 0 saturated heterocycles. The molecule has 0 aromatic heterocycles. The largest absolute Gasteiger partial charge is 0.488 e. The molecule has 0 bridgehead atoms. The van der Waals surface area contributed by atoms with Crippen molar-refractivity contribution < 1.29 is 14.6 Å². The second kappa shape index (κ2) is 7.09. The second-order valence-corrected chi connectivity index (χ2v) is 5.43. The van der Waals surface area contributed by atoms with Gasteiger partial charge in [0.2, 0.25) is 0 Å². The highest BCUT2D eigenvalue weighted by Gasteiger charge is 2.04. The molecule has 3 nitrogen and oxygen atoms in total. The minimum Gasteiger partial charge on any atom is -0.488 e. The Morgan fingerprint density at radius 1 is 1.29 bits per heavy atom. The number of hydrogen-bond donors (Lipinski definition) is 1. The summed E-state index contributed by atoms with van der Waals surface area (Å²) in [5, 5.41) is 8.61. The Kier molecular flexibility index (Phi) is 5.17. The summed E-state index contributed by atoms with van der Waals surface area (Å²) >= 11 is 3.44. The minimum atomic E-state index is -0.967. The van der Waals surface area contributed by atoms with E-state index < -0.39 is 5.97 Å². The van der Waals surface area contributed by atoms with E-state index in [1.165, 1.54) is 11.6 Å². The standard InChI is InChI=1S/C17H15BrO3/c1-12-4-2-3-5-14(12)11-21-16-8-6-13(10-15(16)18)7-9-17(19)20/h2-10H,11H2,1H3,(H,19,20)/b9-7+. The Hall–Kier alpha value is -2.07. The van der Waals surface area contributed by atoms with Gasteiger partial charge in [-0.2, -0.15) is 0 Å². The van der Waals surface area contributed by atoms with Crippen LogP contribution in [0.25, 0.3) is 6.08 Å². The first kappa shape index (κ1) is 15.3. The van der Waals surface area contributed by atoms with Gasteiger partial charge in [0.15, 0.2) is 0 Å². The van der Waals surface area contributed by atoms with Gasteiger partial charge in [0.25, 0.3) is 0 Å². The molecule has 2 rings (SSSR count). The van der Waals surface area contributed by atoms with Crippen LogP contribution in [0.4, 0.5) is 0 Å². The average Bonchev–Trinajstić information content (AvgIpc) is 2.45. The maximum Gasteiger partial charge on any atom is 0.328 e. The van der Waals surface area contributed by atoms with E-state index in [1.807, 2.05) is 49.4 Å². The highest BCUT2D eigenvalue weighted by Crippen LogP contribution is 2.27. The molecular weight excluding hydrogens is 332 g/mol. The van der Waals surface area contributed by atoms with Crippen LogP contribution in [0.2, 0.25) is 0 Å². The molecule has 1 N–H and O–H groups in total. The zero-order valence-electron chi connectivity index (χ0n) is 11.5. The molecule has 0 aliphatic heterocycles. The lowest BCUT2D eigenvalue weighted by molar-refractivity contribution is -0.131. The first-order valence-corrected chi connectivity index (χ1v) is 7.23. The molecule has 21 heavy (non-hydrogen) atoms. The van der Waals surface area contributed by atoms with Crippen molar-refractivity contribution in [3.8, 4) is 5.75 Å². The minimum absolute atomic E-state index is 0.496. The first-order chi connectivity index (χ1) is 10.1. The molecule has 0 radical (unpaired) electrons. The van der Waals surface area contributed by atoms with Crippen molar-refractivity contribution in [2.45, 2.75) is 13.5 Å². The lowest BCUT2D eigenvalue weighted by Gasteiger charge is -2.10. The van der Waals surface area contributed by atoms with Gasteiger partial charge in [-0.25, -0.2) is 4.79 Å². The average molecular weight is 347 g/mol. The third-order valence-electron chi connectivity index (χ3n) is 3.02. The Morgan fingerprint density at radius 3 is 2.71 bits per heavy atom. The SMILES string of the molecule is Cc1ccccc1COc1ccc(/C=C/C(=O)O)cc1Br. The molecular formula is C17H15BrO3. The molecule has 0 fully saturated rings. The predicted octanol–water partition coefficient (Wildman–Crippen LogP) is 4.43. The van der Waals surface area contributed by atoms with Gasteiger partial charge in [-0.05, 0) is 57.8 Å². The fourth-order valence-corrected chi connectivity index (χ4v) is 2.34. The summed E-state index contributed by atoms with van der Waals surface area (Å²) < 4.78 is 6.59. The Labute approximate surface area is 132 Å². The first-order valence-electron chi connectivity index (χ1n) is 6.44. The van der Waals surface area contributed by atoms with Gasteiger partial charge < -0.3 is 9.84 Å². The zero-order chi connectivity index (χ0) is 15.2. The van der Waals surface area contributed by atoms with Crippen molar-refractivity contribution in [1.29, 1.82) is 0 Å². The highest BCUT2D eigenvalue weighted by atomic mass is 79.9. The van der Waals surface area contributed by atoms with E-state index in [0.29, 0.717) is 6.61 Å². The maximum absolute atomic E-state index is 10.5. The van der Waals surface area contributed by atoms with Crippen LogP contribution in [0.15, 0.2) is 53.0 Å². The van der Waals surface area contributed by atoms with Crippen LogP contribution >= 0.6 is 15.9 Å². The van der Waals surface area contributed by atoms with E-state index in [4.69, 9.17) is 9.84 Å². The molecule has 0 heterocycles. The molecule has 0 aliphatic carbocycles. The van der Waals surface area contributed by atoms with Gasteiger partial charge in [0.05, 0.1) is 4.47 Å².